The summed E-state index contributed by atoms with van der Waals surface area (Å²) < 4.78 is 24.3. The van der Waals surface area contributed by atoms with Gasteiger partial charge in [0.1, 0.15) is 5.82 Å². The second kappa shape index (κ2) is 10.2. The van der Waals surface area contributed by atoms with Crippen LogP contribution >= 0.6 is 7.05 Å². The van der Waals surface area contributed by atoms with Gasteiger partial charge in [0.25, 0.3) is 0 Å². The predicted octanol–water partition coefficient (Wildman–Crippen LogP) is 5.82. The molecule has 0 aliphatic carbocycles. The van der Waals surface area contributed by atoms with E-state index in [4.69, 9.17) is 9.48 Å². The largest absolute Gasteiger partial charge is 0.466 e. The molecule has 33 heavy (non-hydrogen) atoms. The van der Waals surface area contributed by atoms with Crippen molar-refractivity contribution in [2.24, 2.45) is 4.74 Å². The topological polar surface area (TPSA) is 38.7 Å². The van der Waals surface area contributed by atoms with Crippen LogP contribution in [0.15, 0.2) is 120 Å². The zero-order valence-electron chi connectivity index (χ0n) is 18.1. The van der Waals surface area contributed by atoms with E-state index in [1.807, 2.05) is 54.6 Å². The zero-order chi connectivity index (χ0) is 23.1. The Morgan fingerprint density at radius 1 is 0.788 bits per heavy atom. The maximum absolute atomic E-state index is 14.2. The van der Waals surface area contributed by atoms with Crippen molar-refractivity contribution in [2.75, 3.05) is 7.11 Å². The van der Waals surface area contributed by atoms with Gasteiger partial charge in [-0.15, -0.1) is 0 Å². The van der Waals surface area contributed by atoms with Gasteiger partial charge in [-0.2, -0.15) is 0 Å². The molecule has 0 aliphatic heterocycles. The van der Waals surface area contributed by atoms with E-state index in [1.165, 1.54) is 25.3 Å². The first-order chi connectivity index (χ1) is 16.1. The molecular formula is C28H23FNO2P. The molecular weight excluding hydrogens is 432 g/mol. The molecule has 0 radical (unpaired) electrons. The monoisotopic (exact) mass is 455 g/mol. The number of hydrogen-bond donors (Lipinski definition) is 0. The van der Waals surface area contributed by atoms with Gasteiger partial charge in [-0.05, 0) is 24.3 Å². The fraction of sp³-hybridized carbons (Fsp3) is 0.0357. The molecule has 0 atom stereocenters. The number of methoxy groups -OCH3 is 1. The summed E-state index contributed by atoms with van der Waals surface area (Å²) in [6.45, 7) is 0. The average Bonchev–Trinajstić information content (AvgIpc) is 2.88. The third-order valence-electron chi connectivity index (χ3n) is 5.24. The molecule has 0 amide bonds. The number of rotatable bonds is 6. The first kappa shape index (κ1) is 22.4. The second-order valence-corrected chi connectivity index (χ2v) is 10.3. The van der Waals surface area contributed by atoms with Gasteiger partial charge in [0.15, 0.2) is 0 Å². The summed E-state index contributed by atoms with van der Waals surface area (Å²) in [7, 11) is -1.21. The fourth-order valence-corrected chi connectivity index (χ4v) is 7.25. The highest BCUT2D eigenvalue weighted by Crippen LogP contribution is 2.49. The van der Waals surface area contributed by atoms with Gasteiger partial charge in [0, 0.05) is 27.6 Å². The summed E-state index contributed by atoms with van der Waals surface area (Å²) in [6.07, 6.45) is 2.82. The number of carbonyl (C=O) groups is 1. The number of esters is 1. The second-order valence-electron chi connectivity index (χ2n) is 7.30. The molecule has 0 spiro atoms. The Bertz CT molecular complexity index is 1220. The van der Waals surface area contributed by atoms with Gasteiger partial charge < -0.3 is 4.74 Å². The summed E-state index contributed by atoms with van der Waals surface area (Å²) in [5, 5.41) is 3.24. The Kier molecular flexibility index (Phi) is 6.97. The van der Waals surface area contributed by atoms with Crippen LogP contribution in [-0.4, -0.2) is 13.1 Å². The number of benzene rings is 4. The van der Waals surface area contributed by atoms with Gasteiger partial charge in [0.2, 0.25) is 0 Å². The smallest absolute Gasteiger partial charge is 0.330 e. The summed E-state index contributed by atoms with van der Waals surface area (Å²) in [5.41, 5.74) is 1.11. The molecule has 0 aromatic heterocycles. The minimum absolute atomic E-state index is 0.401. The zero-order valence-corrected chi connectivity index (χ0v) is 19.0. The van der Waals surface area contributed by atoms with Crippen molar-refractivity contribution in [3.63, 3.8) is 0 Å². The van der Waals surface area contributed by atoms with E-state index in [2.05, 4.69) is 36.4 Å². The molecule has 164 valence electrons. The molecule has 4 aromatic carbocycles. The van der Waals surface area contributed by atoms with Gasteiger partial charge in [-0.3, -0.25) is 4.74 Å². The molecule has 0 bridgehead atoms. The lowest BCUT2D eigenvalue weighted by Crippen LogP contribution is -2.25. The third kappa shape index (κ3) is 4.87. The third-order valence-corrected chi connectivity index (χ3v) is 8.89. The van der Waals surface area contributed by atoms with Crippen LogP contribution in [0.4, 0.5) is 10.1 Å². The number of ether oxygens (including phenoxy) is 1. The van der Waals surface area contributed by atoms with Crippen molar-refractivity contribution in [3.8, 4) is 0 Å². The molecule has 4 rings (SSSR count). The maximum atomic E-state index is 14.2. The number of halogens is 1. The Morgan fingerprint density at radius 3 is 1.73 bits per heavy atom. The van der Waals surface area contributed by atoms with Crippen LogP contribution in [-0.2, 0) is 9.53 Å². The first-order valence-electron chi connectivity index (χ1n) is 10.5. The van der Waals surface area contributed by atoms with Crippen LogP contribution in [0, 0.1) is 5.82 Å². The SMILES string of the molecule is COC(=O)/C=C/c1cc(F)ccc1N=P(c1ccccc1)(c1ccccc1)c1ccccc1. The molecule has 4 aromatic rings. The molecule has 0 aliphatic rings. The van der Waals surface area contributed by atoms with E-state index in [1.54, 1.807) is 12.1 Å². The van der Waals surface area contributed by atoms with Crippen molar-refractivity contribution < 1.29 is 13.9 Å². The molecule has 0 unspecified atom stereocenters. The van der Waals surface area contributed by atoms with Crippen LogP contribution in [0.2, 0.25) is 0 Å². The van der Waals surface area contributed by atoms with Crippen molar-refractivity contribution in [2.45, 2.75) is 0 Å². The van der Waals surface area contributed by atoms with E-state index in [9.17, 15) is 9.18 Å². The lowest BCUT2D eigenvalue weighted by molar-refractivity contribution is -0.134. The predicted molar refractivity (Wildman–Crippen MR) is 135 cm³/mol. The summed E-state index contributed by atoms with van der Waals surface area (Å²) in [4.78, 5) is 11.7. The molecule has 0 fully saturated rings. The molecule has 3 nitrogen and oxygen atoms in total. The van der Waals surface area contributed by atoms with Crippen LogP contribution in [0.3, 0.4) is 0 Å². The molecule has 0 heterocycles. The number of nitrogens with zero attached hydrogens (tertiary/aromatic N) is 1. The van der Waals surface area contributed by atoms with Gasteiger partial charge in [0.05, 0.1) is 19.9 Å². The van der Waals surface area contributed by atoms with Gasteiger partial charge in [-0.1, -0.05) is 91.0 Å². The Balaban J connectivity index is 2.09. The highest BCUT2D eigenvalue weighted by atomic mass is 31.2. The van der Waals surface area contributed by atoms with Crippen LogP contribution in [0.25, 0.3) is 6.08 Å². The Hall–Kier alpha value is -3.75. The van der Waals surface area contributed by atoms with Crippen molar-refractivity contribution >= 4 is 40.7 Å². The average molecular weight is 455 g/mol. The lowest BCUT2D eigenvalue weighted by Gasteiger charge is -2.27. The molecule has 0 saturated heterocycles. The number of carbonyl (C=O) groups excluding carboxylic acids is 1. The minimum atomic E-state index is -2.52. The Labute approximate surface area is 193 Å². The van der Waals surface area contributed by atoms with Crippen LogP contribution in [0.5, 0.6) is 0 Å². The van der Waals surface area contributed by atoms with E-state index in [0.29, 0.717) is 11.3 Å². The van der Waals surface area contributed by atoms with E-state index in [-0.39, 0.29) is 0 Å². The maximum Gasteiger partial charge on any atom is 0.330 e. The molecule has 5 heteroatoms. The van der Waals surface area contributed by atoms with E-state index >= 15 is 0 Å². The van der Waals surface area contributed by atoms with E-state index < -0.39 is 18.8 Å². The van der Waals surface area contributed by atoms with Crippen LogP contribution in [0.1, 0.15) is 5.56 Å². The standard InChI is InChI=1S/C28H23FNO2P/c1-32-28(31)20-17-22-21-23(29)18-19-27(22)30-33(24-11-5-2-6-12-24,25-13-7-3-8-14-25)26-15-9-4-10-16-26/h2-21H,1H3/b20-17+. The van der Waals surface area contributed by atoms with Crippen LogP contribution < -0.4 is 15.9 Å². The Morgan fingerprint density at radius 2 is 1.27 bits per heavy atom. The van der Waals surface area contributed by atoms with E-state index in [0.717, 1.165) is 15.9 Å². The number of hydrogen-bond acceptors (Lipinski definition) is 3. The van der Waals surface area contributed by atoms with Crippen molar-refractivity contribution in [3.05, 3.63) is 127 Å². The molecule has 0 saturated carbocycles. The lowest BCUT2D eigenvalue weighted by atomic mass is 10.1. The van der Waals surface area contributed by atoms with Crippen molar-refractivity contribution in [1.82, 2.24) is 0 Å². The summed E-state index contributed by atoms with van der Waals surface area (Å²) >= 11 is 0. The normalized spacial score (nSPS) is 11.3. The highest BCUT2D eigenvalue weighted by molar-refractivity contribution is 7.87. The summed E-state index contributed by atoms with van der Waals surface area (Å²) in [6, 6.07) is 35.0. The van der Waals surface area contributed by atoms with Gasteiger partial charge in [-0.25, -0.2) is 9.18 Å². The summed E-state index contributed by atoms with van der Waals surface area (Å²) in [5.74, 6) is -0.915. The quantitative estimate of drug-likeness (QED) is 0.209. The molecule has 0 N–H and O–H groups in total. The fourth-order valence-electron chi connectivity index (χ4n) is 3.69. The van der Waals surface area contributed by atoms with Crippen molar-refractivity contribution in [1.29, 1.82) is 0 Å². The minimum Gasteiger partial charge on any atom is -0.466 e. The highest BCUT2D eigenvalue weighted by Gasteiger charge is 2.27. The first-order valence-corrected chi connectivity index (χ1v) is 12.2. The van der Waals surface area contributed by atoms with Gasteiger partial charge >= 0.3 is 5.97 Å².